The van der Waals surface area contributed by atoms with E-state index >= 15 is 0 Å². The maximum absolute atomic E-state index is 13.8. The second-order valence-electron chi connectivity index (χ2n) is 5.00. The first kappa shape index (κ1) is 15.2. The Balaban J connectivity index is 2.37. The fourth-order valence-corrected chi connectivity index (χ4v) is 2.58. The van der Waals surface area contributed by atoms with Crippen molar-refractivity contribution in [2.24, 2.45) is 5.92 Å². The van der Waals surface area contributed by atoms with E-state index < -0.39 is 28.0 Å². The first-order chi connectivity index (χ1) is 9.93. The van der Waals surface area contributed by atoms with Crippen LogP contribution in [0.5, 0.6) is 0 Å². The number of nitro groups is 1. The van der Waals surface area contributed by atoms with Crippen LogP contribution >= 0.6 is 0 Å². The number of aliphatic hydroxyl groups excluding tert-OH is 1. The predicted molar refractivity (Wildman–Crippen MR) is 72.0 cm³/mol. The SMILES string of the molecule is O=C(O)c1cc([N+](=O)[O-])c(N2CCC(CCO)C2)cc1F. The van der Waals surface area contributed by atoms with Crippen molar-refractivity contribution in [2.75, 3.05) is 24.6 Å². The molecule has 21 heavy (non-hydrogen) atoms. The van der Waals surface area contributed by atoms with Gasteiger partial charge in [-0.3, -0.25) is 10.1 Å². The summed E-state index contributed by atoms with van der Waals surface area (Å²) >= 11 is 0. The molecule has 0 amide bonds. The minimum absolute atomic E-state index is 0.0346. The van der Waals surface area contributed by atoms with Crippen molar-refractivity contribution in [1.29, 1.82) is 0 Å². The summed E-state index contributed by atoms with van der Waals surface area (Å²) in [5.74, 6) is -2.34. The van der Waals surface area contributed by atoms with E-state index in [2.05, 4.69) is 0 Å². The number of rotatable bonds is 5. The fraction of sp³-hybridized carbons (Fsp3) is 0.462. The van der Waals surface area contributed by atoms with Gasteiger partial charge in [0, 0.05) is 31.8 Å². The highest BCUT2D eigenvalue weighted by molar-refractivity contribution is 5.90. The fourth-order valence-electron chi connectivity index (χ4n) is 2.58. The molecule has 1 aliphatic rings. The molecule has 2 N–H and O–H groups in total. The molecular weight excluding hydrogens is 283 g/mol. The number of aliphatic hydroxyl groups is 1. The summed E-state index contributed by atoms with van der Waals surface area (Å²) in [4.78, 5) is 22.9. The average Bonchev–Trinajstić information content (AvgIpc) is 2.86. The van der Waals surface area contributed by atoms with Crippen molar-refractivity contribution in [3.05, 3.63) is 33.6 Å². The number of nitro benzene ring substituents is 1. The Morgan fingerprint density at radius 1 is 1.52 bits per heavy atom. The van der Waals surface area contributed by atoms with E-state index in [1.807, 2.05) is 0 Å². The van der Waals surface area contributed by atoms with Crippen LogP contribution in [0.15, 0.2) is 12.1 Å². The van der Waals surface area contributed by atoms with E-state index in [0.717, 1.165) is 18.6 Å². The van der Waals surface area contributed by atoms with Gasteiger partial charge in [-0.1, -0.05) is 0 Å². The van der Waals surface area contributed by atoms with Crippen molar-refractivity contribution < 1.29 is 24.3 Å². The third kappa shape index (κ3) is 3.10. The number of hydrogen-bond acceptors (Lipinski definition) is 5. The Kier molecular flexibility index (Phi) is 4.37. The third-order valence-corrected chi connectivity index (χ3v) is 3.66. The van der Waals surface area contributed by atoms with Gasteiger partial charge < -0.3 is 15.1 Å². The number of carboxylic acid groups (broad SMARTS) is 1. The summed E-state index contributed by atoms with van der Waals surface area (Å²) < 4.78 is 13.8. The zero-order chi connectivity index (χ0) is 15.6. The molecule has 0 spiro atoms. The molecule has 1 atom stereocenters. The first-order valence-electron chi connectivity index (χ1n) is 6.51. The molecule has 1 aromatic carbocycles. The molecule has 1 fully saturated rings. The van der Waals surface area contributed by atoms with Gasteiger partial charge in [0.05, 0.1) is 4.92 Å². The van der Waals surface area contributed by atoms with E-state index in [1.165, 1.54) is 0 Å². The number of carbonyl (C=O) groups is 1. The van der Waals surface area contributed by atoms with Crippen LogP contribution in [0.4, 0.5) is 15.8 Å². The highest BCUT2D eigenvalue weighted by Gasteiger charge is 2.30. The van der Waals surface area contributed by atoms with Crippen molar-refractivity contribution in [1.82, 2.24) is 0 Å². The van der Waals surface area contributed by atoms with E-state index in [0.29, 0.717) is 19.5 Å². The van der Waals surface area contributed by atoms with Crippen molar-refractivity contribution in [3.63, 3.8) is 0 Å². The van der Waals surface area contributed by atoms with Crippen LogP contribution < -0.4 is 4.90 Å². The minimum atomic E-state index is -1.54. The maximum Gasteiger partial charge on any atom is 0.338 e. The molecule has 0 aliphatic carbocycles. The molecule has 0 radical (unpaired) electrons. The molecule has 2 rings (SSSR count). The molecule has 0 saturated carbocycles. The van der Waals surface area contributed by atoms with E-state index in [-0.39, 0.29) is 18.2 Å². The summed E-state index contributed by atoms with van der Waals surface area (Å²) in [6.45, 7) is 1.03. The van der Waals surface area contributed by atoms with Gasteiger partial charge in [-0.15, -0.1) is 0 Å². The Bertz CT molecular complexity index is 578. The monoisotopic (exact) mass is 298 g/mol. The molecule has 1 heterocycles. The van der Waals surface area contributed by atoms with Gasteiger partial charge in [-0.25, -0.2) is 9.18 Å². The summed E-state index contributed by atoms with van der Waals surface area (Å²) in [5.41, 5.74) is -1.04. The van der Waals surface area contributed by atoms with Gasteiger partial charge >= 0.3 is 5.97 Å². The quantitative estimate of drug-likeness (QED) is 0.632. The lowest BCUT2D eigenvalue weighted by molar-refractivity contribution is -0.384. The molecule has 0 aromatic heterocycles. The third-order valence-electron chi connectivity index (χ3n) is 3.66. The number of hydrogen-bond donors (Lipinski definition) is 2. The molecule has 1 unspecified atom stereocenters. The van der Waals surface area contributed by atoms with Crippen molar-refractivity contribution in [3.8, 4) is 0 Å². The minimum Gasteiger partial charge on any atom is -0.478 e. The standard InChI is InChI=1S/C13H15FN2O5/c14-10-6-11(15-3-1-8(7-15)2-4-17)12(16(20)21)5-9(10)13(18)19/h5-6,8,17H,1-4,7H2,(H,18,19). The van der Waals surface area contributed by atoms with Gasteiger partial charge in [-0.2, -0.15) is 0 Å². The molecule has 7 nitrogen and oxygen atoms in total. The second kappa shape index (κ2) is 6.04. The Morgan fingerprint density at radius 3 is 2.81 bits per heavy atom. The van der Waals surface area contributed by atoms with Crippen LogP contribution in [0.25, 0.3) is 0 Å². The lowest BCUT2D eigenvalue weighted by atomic mass is 10.1. The highest BCUT2D eigenvalue weighted by Crippen LogP contribution is 2.35. The van der Waals surface area contributed by atoms with Gasteiger partial charge in [0.2, 0.25) is 0 Å². The molecule has 1 aromatic rings. The second-order valence-corrected chi connectivity index (χ2v) is 5.00. The van der Waals surface area contributed by atoms with Crippen LogP contribution in [-0.4, -0.2) is 40.8 Å². The number of carboxylic acids is 1. The molecule has 8 heteroatoms. The smallest absolute Gasteiger partial charge is 0.338 e. The summed E-state index contributed by atoms with van der Waals surface area (Å²) in [7, 11) is 0. The Labute approximate surface area is 119 Å². The van der Waals surface area contributed by atoms with Gasteiger partial charge in [-0.05, 0) is 18.8 Å². The molecular formula is C13H15FN2O5. The Morgan fingerprint density at radius 2 is 2.24 bits per heavy atom. The largest absolute Gasteiger partial charge is 0.478 e. The average molecular weight is 298 g/mol. The van der Waals surface area contributed by atoms with E-state index in [1.54, 1.807) is 4.90 Å². The number of benzene rings is 1. The van der Waals surface area contributed by atoms with Gasteiger partial charge in [0.15, 0.2) is 0 Å². The normalized spacial score (nSPS) is 18.0. The van der Waals surface area contributed by atoms with Gasteiger partial charge in [0.25, 0.3) is 5.69 Å². The van der Waals surface area contributed by atoms with Crippen LogP contribution in [-0.2, 0) is 0 Å². The van der Waals surface area contributed by atoms with Crippen LogP contribution in [0.3, 0.4) is 0 Å². The maximum atomic E-state index is 13.8. The zero-order valence-corrected chi connectivity index (χ0v) is 11.2. The lowest BCUT2D eigenvalue weighted by Gasteiger charge is -2.19. The summed E-state index contributed by atoms with van der Waals surface area (Å²) in [6, 6.07) is 1.66. The van der Waals surface area contributed by atoms with E-state index in [9.17, 15) is 19.3 Å². The number of halogens is 1. The van der Waals surface area contributed by atoms with Crippen LogP contribution in [0, 0.1) is 21.8 Å². The molecule has 1 saturated heterocycles. The topological polar surface area (TPSA) is 104 Å². The van der Waals surface area contributed by atoms with Crippen molar-refractivity contribution >= 4 is 17.3 Å². The Hall–Kier alpha value is -2.22. The van der Waals surface area contributed by atoms with E-state index in [4.69, 9.17) is 10.2 Å². The molecule has 0 bridgehead atoms. The van der Waals surface area contributed by atoms with Crippen LogP contribution in [0.2, 0.25) is 0 Å². The van der Waals surface area contributed by atoms with Crippen LogP contribution in [0.1, 0.15) is 23.2 Å². The summed E-state index contributed by atoms with van der Waals surface area (Å²) in [5, 5.41) is 28.8. The molecule has 1 aliphatic heterocycles. The highest BCUT2D eigenvalue weighted by atomic mass is 19.1. The first-order valence-corrected chi connectivity index (χ1v) is 6.51. The predicted octanol–water partition coefficient (Wildman–Crippen LogP) is 1.64. The zero-order valence-electron chi connectivity index (χ0n) is 11.2. The number of anilines is 1. The van der Waals surface area contributed by atoms with Gasteiger partial charge in [0.1, 0.15) is 17.1 Å². The van der Waals surface area contributed by atoms with Crippen molar-refractivity contribution in [2.45, 2.75) is 12.8 Å². The molecule has 114 valence electrons. The number of aromatic carboxylic acids is 1. The lowest BCUT2D eigenvalue weighted by Crippen LogP contribution is -2.21. The number of nitrogens with zero attached hydrogens (tertiary/aromatic N) is 2. The summed E-state index contributed by atoms with van der Waals surface area (Å²) in [6.07, 6.45) is 1.33.